The Bertz CT molecular complexity index is 1180. The Labute approximate surface area is 155 Å². The lowest BCUT2D eigenvalue weighted by Gasteiger charge is -2.17. The van der Waals surface area contributed by atoms with Gasteiger partial charge in [-0.15, -0.1) is 0 Å². The number of carbonyl (C=O) groups excluding carboxylic acids is 1. The largest absolute Gasteiger partial charge is 0.288 e. The van der Waals surface area contributed by atoms with Gasteiger partial charge in [0.15, 0.2) is 0 Å². The summed E-state index contributed by atoms with van der Waals surface area (Å²) < 4.78 is 52.6. The van der Waals surface area contributed by atoms with Gasteiger partial charge in [-0.1, -0.05) is 35.9 Å². The van der Waals surface area contributed by atoms with E-state index in [2.05, 4.69) is 4.40 Å². The summed E-state index contributed by atoms with van der Waals surface area (Å²) in [5, 5.41) is 0.345. The molecule has 0 spiro atoms. The zero-order chi connectivity index (χ0) is 19.1. The molecule has 134 valence electrons. The van der Waals surface area contributed by atoms with Crippen molar-refractivity contribution < 1.29 is 21.6 Å². The summed E-state index contributed by atoms with van der Waals surface area (Å²) in [6.45, 7) is 0. The van der Waals surface area contributed by atoms with Crippen LogP contribution >= 0.6 is 11.6 Å². The molecule has 2 aromatic carbocycles. The van der Waals surface area contributed by atoms with E-state index in [1.807, 2.05) is 0 Å². The molecule has 0 N–H and O–H groups in total. The van der Waals surface area contributed by atoms with Crippen molar-refractivity contribution in [3.63, 3.8) is 0 Å². The van der Waals surface area contributed by atoms with Crippen molar-refractivity contribution in [1.29, 1.82) is 0 Å². The van der Waals surface area contributed by atoms with E-state index in [1.165, 1.54) is 36.4 Å². The van der Waals surface area contributed by atoms with E-state index < -0.39 is 30.5 Å². The number of halogens is 1. The first-order valence-electron chi connectivity index (χ1n) is 7.26. The molecule has 1 aliphatic carbocycles. The van der Waals surface area contributed by atoms with Crippen LogP contribution in [-0.2, 0) is 19.9 Å². The number of hydrogen-bond donors (Lipinski definition) is 0. The van der Waals surface area contributed by atoms with Crippen LogP contribution in [0.1, 0.15) is 15.9 Å². The Kier molecular flexibility index (Phi) is 4.60. The van der Waals surface area contributed by atoms with Crippen molar-refractivity contribution in [3.05, 3.63) is 75.7 Å². The van der Waals surface area contributed by atoms with Crippen LogP contribution in [0.15, 0.2) is 68.8 Å². The summed E-state index contributed by atoms with van der Waals surface area (Å²) in [4.78, 5) is 12.1. The van der Waals surface area contributed by atoms with Gasteiger partial charge in [-0.25, -0.2) is 16.8 Å². The first-order chi connectivity index (χ1) is 12.1. The molecule has 0 unspecified atom stereocenters. The van der Waals surface area contributed by atoms with Crippen molar-refractivity contribution in [2.75, 3.05) is 6.26 Å². The van der Waals surface area contributed by atoms with Gasteiger partial charge < -0.3 is 0 Å². The number of Topliss-reactive ketones (excluding diaryl/α,β-unsaturated/α-hetero) is 1. The van der Waals surface area contributed by atoms with E-state index in [0.29, 0.717) is 5.02 Å². The molecule has 3 rings (SSSR count). The maximum atomic E-state index is 12.9. The van der Waals surface area contributed by atoms with E-state index >= 15 is 0 Å². The standard InChI is InChI=1S/C17H12ClNO5S2/c1-25(21,22)19-15-10-16(17(20)14-5-3-2-4-13(14)15)26(23,24)12-8-6-11(18)7-9-12/h2-10H,1H3/b19-15+. The van der Waals surface area contributed by atoms with Gasteiger partial charge in [-0.3, -0.25) is 4.79 Å². The summed E-state index contributed by atoms with van der Waals surface area (Å²) in [5.74, 6) is -0.719. The van der Waals surface area contributed by atoms with Crippen LogP contribution in [0.4, 0.5) is 0 Å². The molecule has 2 aromatic rings. The summed E-state index contributed by atoms with van der Waals surface area (Å²) in [6.07, 6.45) is 1.88. The molecule has 0 radical (unpaired) electrons. The Hall–Kier alpha value is -2.29. The molecule has 1 aliphatic rings. The maximum Gasteiger partial charge on any atom is 0.250 e. The zero-order valence-corrected chi connectivity index (χ0v) is 15.8. The second kappa shape index (κ2) is 6.46. The highest BCUT2D eigenvalue weighted by atomic mass is 35.5. The van der Waals surface area contributed by atoms with Crippen molar-refractivity contribution in [3.8, 4) is 0 Å². The van der Waals surface area contributed by atoms with E-state index in [1.54, 1.807) is 12.1 Å². The molecule has 0 saturated heterocycles. The molecule has 0 fully saturated rings. The highest BCUT2D eigenvalue weighted by Crippen LogP contribution is 2.29. The number of nitrogens with zero attached hydrogens (tertiary/aromatic N) is 1. The van der Waals surface area contributed by atoms with E-state index in [0.717, 1.165) is 12.3 Å². The second-order valence-corrected chi connectivity index (χ2v) is 9.55. The number of carbonyl (C=O) groups is 1. The number of hydrogen-bond acceptors (Lipinski definition) is 5. The highest BCUT2D eigenvalue weighted by molar-refractivity contribution is 7.96. The SMILES string of the molecule is CS(=O)(=O)/N=C1\C=C(S(=O)(=O)c2ccc(Cl)cc2)C(=O)c2ccccc21. The van der Waals surface area contributed by atoms with Gasteiger partial charge in [0, 0.05) is 16.1 Å². The van der Waals surface area contributed by atoms with Gasteiger partial charge in [0.1, 0.15) is 4.91 Å². The lowest BCUT2D eigenvalue weighted by atomic mass is 9.94. The summed E-state index contributed by atoms with van der Waals surface area (Å²) in [7, 11) is -7.99. The molecule has 0 heterocycles. The van der Waals surface area contributed by atoms with Crippen molar-refractivity contribution in [2.24, 2.45) is 4.40 Å². The summed E-state index contributed by atoms with van der Waals surface area (Å²) >= 11 is 5.78. The number of sulfonamides is 1. The van der Waals surface area contributed by atoms with Gasteiger partial charge in [-0.2, -0.15) is 4.40 Å². The Morgan fingerprint density at radius 1 is 0.885 bits per heavy atom. The number of sulfone groups is 1. The minimum Gasteiger partial charge on any atom is -0.288 e. The van der Waals surface area contributed by atoms with Gasteiger partial charge in [0.05, 0.1) is 16.9 Å². The third-order valence-corrected chi connectivity index (χ3v) is 6.17. The minimum atomic E-state index is -4.18. The molecule has 9 heteroatoms. The van der Waals surface area contributed by atoms with Crippen LogP contribution in [-0.4, -0.2) is 34.6 Å². The predicted molar refractivity (Wildman–Crippen MR) is 98.9 cm³/mol. The maximum absolute atomic E-state index is 12.9. The molecule has 0 saturated carbocycles. The average Bonchev–Trinajstić information content (AvgIpc) is 2.56. The molecule has 26 heavy (non-hydrogen) atoms. The third-order valence-electron chi connectivity index (χ3n) is 3.62. The second-order valence-electron chi connectivity index (χ2n) is 5.55. The molecule has 0 atom stereocenters. The topological polar surface area (TPSA) is 97.7 Å². The Morgan fingerprint density at radius 3 is 2.04 bits per heavy atom. The Balaban J connectivity index is 2.26. The van der Waals surface area contributed by atoms with Crippen LogP contribution in [0.2, 0.25) is 5.02 Å². The number of ketones is 1. The molecular weight excluding hydrogens is 398 g/mol. The monoisotopic (exact) mass is 409 g/mol. The number of fused-ring (bicyclic) bond motifs is 1. The number of benzene rings is 2. The first-order valence-corrected chi connectivity index (χ1v) is 11.0. The third kappa shape index (κ3) is 3.48. The van der Waals surface area contributed by atoms with Crippen LogP contribution in [0.3, 0.4) is 0 Å². The van der Waals surface area contributed by atoms with Crippen LogP contribution in [0.5, 0.6) is 0 Å². The molecular formula is C17H12ClNO5S2. The predicted octanol–water partition coefficient (Wildman–Crippen LogP) is 2.64. The molecule has 6 nitrogen and oxygen atoms in total. The van der Waals surface area contributed by atoms with E-state index in [4.69, 9.17) is 11.6 Å². The lowest BCUT2D eigenvalue weighted by Crippen LogP contribution is -2.23. The van der Waals surface area contributed by atoms with Crippen molar-refractivity contribution in [1.82, 2.24) is 0 Å². The lowest BCUT2D eigenvalue weighted by molar-refractivity contribution is 0.104. The van der Waals surface area contributed by atoms with E-state index in [9.17, 15) is 21.6 Å². The van der Waals surface area contributed by atoms with E-state index in [-0.39, 0.29) is 21.7 Å². The molecule has 0 aromatic heterocycles. The zero-order valence-electron chi connectivity index (χ0n) is 13.4. The smallest absolute Gasteiger partial charge is 0.250 e. The summed E-state index contributed by atoms with van der Waals surface area (Å²) in [6, 6.07) is 11.4. The number of rotatable bonds is 3. The quantitative estimate of drug-likeness (QED) is 0.776. The van der Waals surface area contributed by atoms with Gasteiger partial charge in [0.25, 0.3) is 10.0 Å². The number of allylic oxidation sites excluding steroid dienone is 2. The van der Waals surface area contributed by atoms with Crippen LogP contribution in [0.25, 0.3) is 0 Å². The highest BCUT2D eigenvalue weighted by Gasteiger charge is 2.34. The normalized spacial score (nSPS) is 16.3. The minimum absolute atomic E-state index is 0.0740. The average molecular weight is 410 g/mol. The molecule has 0 bridgehead atoms. The van der Waals surface area contributed by atoms with Crippen LogP contribution < -0.4 is 0 Å². The van der Waals surface area contributed by atoms with Crippen molar-refractivity contribution in [2.45, 2.75) is 4.90 Å². The van der Waals surface area contributed by atoms with Crippen molar-refractivity contribution >= 4 is 43.0 Å². The van der Waals surface area contributed by atoms with Gasteiger partial charge in [0.2, 0.25) is 15.6 Å². The molecule has 0 aliphatic heterocycles. The summed E-state index contributed by atoms with van der Waals surface area (Å²) in [5.41, 5.74) is 0.234. The van der Waals surface area contributed by atoms with Crippen LogP contribution in [0, 0.1) is 0 Å². The fraction of sp³-hybridized carbons (Fsp3) is 0.0588. The fourth-order valence-electron chi connectivity index (χ4n) is 2.50. The fourth-order valence-corrected chi connectivity index (χ4v) is 4.50. The van der Waals surface area contributed by atoms with Gasteiger partial charge >= 0.3 is 0 Å². The van der Waals surface area contributed by atoms with Gasteiger partial charge in [-0.05, 0) is 30.3 Å². The Morgan fingerprint density at radius 2 is 1.46 bits per heavy atom. The first kappa shape index (κ1) is 18.5. The molecule has 0 amide bonds.